The van der Waals surface area contributed by atoms with Gasteiger partial charge in [0, 0.05) is 49.6 Å². The molecule has 17 unspecified atom stereocenters. The molecule has 17 atom stereocenters. The molecule has 0 radical (unpaired) electrons. The van der Waals surface area contributed by atoms with Crippen molar-refractivity contribution in [1.82, 2.24) is 0 Å². The normalized spacial score (nSPS) is 49.8. The minimum Gasteiger partial charge on any atom is -0.550 e. The Kier molecular flexibility index (Phi) is 13.0. The number of rotatable bonds is 10. The van der Waals surface area contributed by atoms with Crippen LogP contribution in [-0.2, 0) is 33.2 Å². The van der Waals surface area contributed by atoms with E-state index >= 15 is 0 Å². The van der Waals surface area contributed by atoms with E-state index in [0.29, 0.717) is 19.3 Å². The fourth-order valence-electron chi connectivity index (χ4n) is 9.91. The Bertz CT molecular complexity index is 1110. The predicted octanol–water partition coefficient (Wildman–Crippen LogP) is -0.0578. The van der Waals surface area contributed by atoms with E-state index in [9.17, 15) is 25.2 Å². The fraction of sp³-hybridized carbons (Fsp3) is 0.972. The second kappa shape index (κ2) is 15.2. The molecule has 12 heteroatoms. The summed E-state index contributed by atoms with van der Waals surface area (Å²) in [4.78, 5) is 11.7. The van der Waals surface area contributed by atoms with Gasteiger partial charge in [0.05, 0.1) is 60.5 Å². The quantitative estimate of drug-likeness (QED) is 0.264. The van der Waals surface area contributed by atoms with Gasteiger partial charge in [0.25, 0.3) is 0 Å². The molecule has 0 aromatic heterocycles. The zero-order valence-corrected chi connectivity index (χ0v) is 33.0. The van der Waals surface area contributed by atoms with E-state index in [1.165, 1.54) is 7.11 Å². The van der Waals surface area contributed by atoms with Gasteiger partial charge in [0.1, 0.15) is 0 Å². The first kappa shape index (κ1) is 40.9. The summed E-state index contributed by atoms with van der Waals surface area (Å²) in [5.41, 5.74) is -1.16. The van der Waals surface area contributed by atoms with Crippen molar-refractivity contribution in [3.05, 3.63) is 0 Å². The molecule has 0 aromatic rings. The molecule has 5 saturated heterocycles. The Morgan fingerprint density at radius 3 is 2.33 bits per heavy atom. The maximum atomic E-state index is 11.7. The van der Waals surface area contributed by atoms with Crippen LogP contribution < -0.4 is 34.7 Å². The van der Waals surface area contributed by atoms with Crippen molar-refractivity contribution in [2.45, 2.75) is 172 Å². The number of aliphatic carboxylic acids is 1. The van der Waals surface area contributed by atoms with Gasteiger partial charge in [-0.15, -0.1) is 0 Å². The van der Waals surface area contributed by atoms with Gasteiger partial charge in [0.2, 0.25) is 0 Å². The summed E-state index contributed by atoms with van der Waals surface area (Å²) in [5, 5.41) is 43.9. The van der Waals surface area contributed by atoms with Crippen LogP contribution in [0.15, 0.2) is 0 Å². The third-order valence-corrected chi connectivity index (χ3v) is 13.0. The Morgan fingerprint density at radius 1 is 1.04 bits per heavy atom. The van der Waals surface area contributed by atoms with Crippen molar-refractivity contribution >= 4 is 5.97 Å². The number of carbonyl (C=O) groups excluding carboxylic acids is 1. The SMILES string of the molecule is CCC1(C2OC(C3OC(O)(CO)C(C)CC3C)CC2C)CCC(C2(C)CCC3(CC(O)C(C)C(C(C)C(OC)C(C)C(=O)[O-])O3)O2)O1.[Na+]. The Balaban J connectivity index is 0.00000520. The van der Waals surface area contributed by atoms with Gasteiger partial charge in [-0.3, -0.25) is 0 Å². The van der Waals surface area contributed by atoms with Crippen molar-refractivity contribution < 1.29 is 83.2 Å². The van der Waals surface area contributed by atoms with Crippen molar-refractivity contribution in [1.29, 1.82) is 0 Å². The molecule has 1 spiro atoms. The van der Waals surface area contributed by atoms with Crippen LogP contribution >= 0.6 is 0 Å². The number of hydrogen-bond donors (Lipinski definition) is 3. The molecule has 0 aliphatic carbocycles. The van der Waals surface area contributed by atoms with Crippen LogP contribution in [0.25, 0.3) is 0 Å². The first-order valence-corrected chi connectivity index (χ1v) is 18.1. The number of carboxylic acids is 1. The monoisotopic (exact) mass is 692 g/mol. The number of carbonyl (C=O) groups is 1. The number of aliphatic hydroxyl groups excluding tert-OH is 2. The van der Waals surface area contributed by atoms with E-state index in [0.717, 1.165) is 32.1 Å². The van der Waals surface area contributed by atoms with Crippen LogP contribution in [0.1, 0.15) is 107 Å². The predicted molar refractivity (Wildman–Crippen MR) is 170 cm³/mol. The maximum Gasteiger partial charge on any atom is 1.00 e. The molecule has 0 bridgehead atoms. The van der Waals surface area contributed by atoms with Gasteiger partial charge in [-0.05, 0) is 57.3 Å². The van der Waals surface area contributed by atoms with Crippen LogP contribution in [0.3, 0.4) is 0 Å². The van der Waals surface area contributed by atoms with E-state index in [4.69, 9.17) is 28.4 Å². The van der Waals surface area contributed by atoms with Gasteiger partial charge in [-0.2, -0.15) is 0 Å². The summed E-state index contributed by atoms with van der Waals surface area (Å²) >= 11 is 0. The van der Waals surface area contributed by atoms with Crippen molar-refractivity contribution in [2.75, 3.05) is 13.7 Å². The molecule has 5 aliphatic heterocycles. The van der Waals surface area contributed by atoms with Crippen LogP contribution in [0.4, 0.5) is 0 Å². The third-order valence-electron chi connectivity index (χ3n) is 13.0. The summed E-state index contributed by atoms with van der Waals surface area (Å²) in [6, 6.07) is 0. The van der Waals surface area contributed by atoms with Gasteiger partial charge in [0.15, 0.2) is 11.6 Å². The average Bonchev–Trinajstić information content (AvgIpc) is 3.73. The van der Waals surface area contributed by atoms with Gasteiger partial charge < -0.3 is 53.6 Å². The average molecular weight is 693 g/mol. The summed E-state index contributed by atoms with van der Waals surface area (Å²) in [6.45, 7) is 15.4. The number of hydrogen-bond acceptors (Lipinski definition) is 11. The van der Waals surface area contributed by atoms with Gasteiger partial charge in [-0.1, -0.05) is 48.5 Å². The number of carboxylic acid groups (broad SMARTS) is 1. The zero-order valence-electron chi connectivity index (χ0n) is 31.0. The number of aliphatic hydroxyl groups is 3. The van der Waals surface area contributed by atoms with E-state index in [2.05, 4.69) is 27.7 Å². The van der Waals surface area contributed by atoms with E-state index in [-0.39, 0.29) is 83.6 Å². The van der Waals surface area contributed by atoms with Gasteiger partial charge in [-0.25, -0.2) is 0 Å². The smallest absolute Gasteiger partial charge is 0.550 e. The summed E-state index contributed by atoms with van der Waals surface area (Å²) < 4.78 is 39.3. The molecule has 0 saturated carbocycles. The molecule has 5 rings (SSSR count). The largest absolute Gasteiger partial charge is 1.00 e. The molecule has 5 fully saturated rings. The first-order chi connectivity index (χ1) is 22.0. The van der Waals surface area contributed by atoms with E-state index in [1.54, 1.807) is 6.92 Å². The second-order valence-electron chi connectivity index (χ2n) is 16.3. The van der Waals surface area contributed by atoms with Crippen LogP contribution in [0.5, 0.6) is 0 Å². The van der Waals surface area contributed by atoms with E-state index < -0.39 is 59.6 Å². The van der Waals surface area contributed by atoms with Crippen molar-refractivity contribution in [2.24, 2.45) is 35.5 Å². The van der Waals surface area contributed by atoms with Crippen LogP contribution in [-0.4, -0.2) is 101 Å². The topological polar surface area (TPSA) is 156 Å². The molecule has 5 aliphatic rings. The number of ether oxygens (including phenoxy) is 6. The molecule has 5 heterocycles. The Morgan fingerprint density at radius 2 is 1.73 bits per heavy atom. The van der Waals surface area contributed by atoms with Crippen molar-refractivity contribution in [3.8, 4) is 0 Å². The van der Waals surface area contributed by atoms with Gasteiger partial charge >= 0.3 is 29.6 Å². The second-order valence-corrected chi connectivity index (χ2v) is 16.3. The summed E-state index contributed by atoms with van der Waals surface area (Å²) in [5.74, 6) is -4.97. The molecule has 0 amide bonds. The Hall–Kier alpha value is 0.110. The first-order valence-electron chi connectivity index (χ1n) is 18.1. The molecular formula is C36H61NaO11. The van der Waals surface area contributed by atoms with Crippen LogP contribution in [0.2, 0.25) is 0 Å². The Labute approximate surface area is 309 Å². The maximum absolute atomic E-state index is 11.7. The van der Waals surface area contributed by atoms with Crippen molar-refractivity contribution in [3.63, 3.8) is 0 Å². The standard InChI is InChI=1S/C36H62O11.Na/c1-10-34(31-20(3)16-26(43-31)28-19(2)15-21(4)36(41,18-37)46-28)12-11-27(44-34)33(8)13-14-35(47-33)17-25(38)22(5)30(45-35)23(6)29(42-9)24(7)32(39)40;/h19-31,37-38,41H,10-18H2,1-9H3,(H,39,40);/q;+1/p-1. The molecule has 272 valence electrons. The minimum atomic E-state index is -1.57. The van der Waals surface area contributed by atoms with E-state index in [1.807, 2.05) is 20.8 Å². The molecular weight excluding hydrogens is 631 g/mol. The molecule has 48 heavy (non-hydrogen) atoms. The van der Waals surface area contributed by atoms with Crippen LogP contribution in [0, 0.1) is 35.5 Å². The summed E-state index contributed by atoms with van der Waals surface area (Å²) in [7, 11) is 1.50. The number of methoxy groups -OCH3 is 1. The molecule has 3 N–H and O–H groups in total. The molecule has 0 aromatic carbocycles. The zero-order chi connectivity index (χ0) is 34.7. The fourth-order valence-corrected chi connectivity index (χ4v) is 9.91. The minimum absolute atomic E-state index is 0. The summed E-state index contributed by atoms with van der Waals surface area (Å²) in [6.07, 6.45) is 2.81. The third kappa shape index (κ3) is 7.33. The molecule has 11 nitrogen and oxygen atoms in total.